The maximum Gasteiger partial charge on any atom is 0.124 e. The first-order chi connectivity index (χ1) is 9.97. The fourth-order valence-electron chi connectivity index (χ4n) is 2.15. The summed E-state index contributed by atoms with van der Waals surface area (Å²) in [6.07, 6.45) is 1.27. The highest BCUT2D eigenvalue weighted by molar-refractivity contribution is 9.10. The minimum absolute atomic E-state index is 0.0315. The van der Waals surface area contributed by atoms with E-state index in [1.54, 1.807) is 6.07 Å². The van der Waals surface area contributed by atoms with Crippen LogP contribution in [0.5, 0.6) is 0 Å². The van der Waals surface area contributed by atoms with E-state index in [4.69, 9.17) is 29.0 Å². The van der Waals surface area contributed by atoms with Gasteiger partial charge in [0.05, 0.1) is 10.0 Å². The monoisotopic (exact) mass is 390 g/mol. The highest BCUT2D eigenvalue weighted by Gasteiger charge is 2.11. The van der Waals surface area contributed by atoms with Crippen LogP contribution in [0, 0.1) is 5.82 Å². The van der Waals surface area contributed by atoms with Crippen molar-refractivity contribution in [1.29, 1.82) is 0 Å². The van der Waals surface area contributed by atoms with Gasteiger partial charge < -0.3 is 0 Å². The molecule has 6 heteroatoms. The molecule has 0 aliphatic heterocycles. The second kappa shape index (κ2) is 7.56. The molecule has 0 amide bonds. The molecule has 2 aromatic rings. The van der Waals surface area contributed by atoms with Crippen molar-refractivity contribution in [2.75, 3.05) is 0 Å². The molecule has 1 unspecified atom stereocenters. The van der Waals surface area contributed by atoms with Crippen molar-refractivity contribution in [3.63, 3.8) is 0 Å². The summed E-state index contributed by atoms with van der Waals surface area (Å²) in [6.45, 7) is 0. The fraction of sp³-hybridized carbons (Fsp3) is 0.200. The lowest BCUT2D eigenvalue weighted by Crippen LogP contribution is -2.38. The van der Waals surface area contributed by atoms with Crippen molar-refractivity contribution in [2.24, 2.45) is 5.84 Å². The SMILES string of the molecule is NNC(Cc1cc(F)cc(Br)c1)Cc1ccc(Cl)c(Cl)c1. The van der Waals surface area contributed by atoms with Crippen LogP contribution in [0.2, 0.25) is 10.0 Å². The first-order valence-corrected chi connectivity index (χ1v) is 7.88. The zero-order valence-corrected chi connectivity index (χ0v) is 14.1. The van der Waals surface area contributed by atoms with E-state index in [1.807, 2.05) is 18.2 Å². The molecule has 3 N–H and O–H groups in total. The maximum atomic E-state index is 13.4. The van der Waals surface area contributed by atoms with Crippen LogP contribution in [-0.4, -0.2) is 6.04 Å². The van der Waals surface area contributed by atoms with Crippen LogP contribution in [-0.2, 0) is 12.8 Å². The zero-order valence-electron chi connectivity index (χ0n) is 11.0. The van der Waals surface area contributed by atoms with E-state index in [-0.39, 0.29) is 11.9 Å². The van der Waals surface area contributed by atoms with Gasteiger partial charge in [0.25, 0.3) is 0 Å². The Morgan fingerprint density at radius 3 is 2.38 bits per heavy atom. The van der Waals surface area contributed by atoms with E-state index in [1.165, 1.54) is 12.1 Å². The highest BCUT2D eigenvalue weighted by atomic mass is 79.9. The summed E-state index contributed by atoms with van der Waals surface area (Å²) < 4.78 is 14.1. The number of hydrogen-bond acceptors (Lipinski definition) is 2. The number of benzene rings is 2. The first-order valence-electron chi connectivity index (χ1n) is 6.33. The number of nitrogens with one attached hydrogen (secondary N) is 1. The van der Waals surface area contributed by atoms with Gasteiger partial charge in [0.2, 0.25) is 0 Å². The average molecular weight is 392 g/mol. The Morgan fingerprint density at radius 2 is 1.76 bits per heavy atom. The molecule has 0 saturated heterocycles. The maximum absolute atomic E-state index is 13.4. The number of nitrogens with two attached hydrogens (primary N) is 1. The Morgan fingerprint density at radius 1 is 1.05 bits per heavy atom. The summed E-state index contributed by atoms with van der Waals surface area (Å²) in [5.41, 5.74) is 4.64. The van der Waals surface area contributed by atoms with Gasteiger partial charge in [0.15, 0.2) is 0 Å². The minimum atomic E-state index is -0.273. The third kappa shape index (κ3) is 4.94. The molecule has 0 spiro atoms. The van der Waals surface area contributed by atoms with Crippen LogP contribution in [0.15, 0.2) is 40.9 Å². The molecule has 2 rings (SSSR count). The van der Waals surface area contributed by atoms with Gasteiger partial charge in [-0.1, -0.05) is 45.2 Å². The number of halogens is 4. The Kier molecular flexibility index (Phi) is 6.02. The van der Waals surface area contributed by atoms with E-state index in [9.17, 15) is 4.39 Å². The van der Waals surface area contributed by atoms with Crippen molar-refractivity contribution in [3.05, 3.63) is 67.9 Å². The Labute approximate surface area is 141 Å². The standard InChI is InChI=1S/C15H14BrCl2FN2/c16-11-3-10(4-12(19)8-11)6-13(21-20)5-9-1-2-14(17)15(18)7-9/h1-4,7-8,13,21H,5-6,20H2. The molecule has 0 aromatic heterocycles. The Bertz CT molecular complexity index is 617. The van der Waals surface area contributed by atoms with Crippen LogP contribution in [0.4, 0.5) is 4.39 Å². The van der Waals surface area contributed by atoms with Gasteiger partial charge in [-0.3, -0.25) is 11.3 Å². The summed E-state index contributed by atoms with van der Waals surface area (Å²) in [4.78, 5) is 0. The largest absolute Gasteiger partial charge is 0.271 e. The highest BCUT2D eigenvalue weighted by Crippen LogP contribution is 2.24. The van der Waals surface area contributed by atoms with Crippen molar-refractivity contribution in [1.82, 2.24) is 5.43 Å². The van der Waals surface area contributed by atoms with Gasteiger partial charge in [-0.25, -0.2) is 4.39 Å². The lowest BCUT2D eigenvalue weighted by atomic mass is 9.99. The molecule has 2 aromatic carbocycles. The molecule has 0 saturated carbocycles. The Balaban J connectivity index is 2.10. The second-order valence-corrected chi connectivity index (χ2v) is 6.53. The second-order valence-electron chi connectivity index (χ2n) is 4.80. The molecular formula is C15H14BrCl2FN2. The van der Waals surface area contributed by atoms with Crippen LogP contribution in [0.1, 0.15) is 11.1 Å². The van der Waals surface area contributed by atoms with Gasteiger partial charge in [0, 0.05) is 10.5 Å². The third-order valence-electron chi connectivity index (χ3n) is 3.11. The normalized spacial score (nSPS) is 12.4. The first kappa shape index (κ1) is 16.7. The Hall–Kier alpha value is -0.650. The molecule has 0 bridgehead atoms. The molecule has 2 nitrogen and oxygen atoms in total. The van der Waals surface area contributed by atoms with E-state index in [0.29, 0.717) is 27.4 Å². The van der Waals surface area contributed by atoms with Gasteiger partial charge in [0.1, 0.15) is 5.82 Å². The molecule has 1 atom stereocenters. The van der Waals surface area contributed by atoms with Crippen LogP contribution in [0.25, 0.3) is 0 Å². The molecular weight excluding hydrogens is 378 g/mol. The minimum Gasteiger partial charge on any atom is -0.271 e. The van der Waals surface area contributed by atoms with Crippen LogP contribution in [0.3, 0.4) is 0 Å². The molecule has 112 valence electrons. The summed E-state index contributed by atoms with van der Waals surface area (Å²) in [7, 11) is 0. The number of rotatable bonds is 5. The summed E-state index contributed by atoms with van der Waals surface area (Å²) >= 11 is 15.2. The lowest BCUT2D eigenvalue weighted by Gasteiger charge is -2.16. The number of hydrazine groups is 1. The summed E-state index contributed by atoms with van der Waals surface area (Å²) in [5.74, 6) is 5.32. The van der Waals surface area contributed by atoms with Crippen molar-refractivity contribution >= 4 is 39.1 Å². The quantitative estimate of drug-likeness (QED) is 0.581. The summed E-state index contributed by atoms with van der Waals surface area (Å²) in [6, 6.07) is 10.2. The summed E-state index contributed by atoms with van der Waals surface area (Å²) in [5, 5.41) is 1.03. The van der Waals surface area contributed by atoms with E-state index >= 15 is 0 Å². The van der Waals surface area contributed by atoms with Crippen LogP contribution >= 0.6 is 39.1 Å². The molecule has 0 aliphatic rings. The predicted octanol–water partition coefficient (Wildman–Crippen LogP) is 4.51. The van der Waals surface area contributed by atoms with Gasteiger partial charge in [-0.05, 0) is 54.3 Å². The molecule has 0 fully saturated rings. The molecule has 0 aliphatic carbocycles. The zero-order chi connectivity index (χ0) is 15.4. The third-order valence-corrected chi connectivity index (χ3v) is 4.30. The van der Waals surface area contributed by atoms with Crippen molar-refractivity contribution in [3.8, 4) is 0 Å². The van der Waals surface area contributed by atoms with Gasteiger partial charge in [-0.2, -0.15) is 0 Å². The van der Waals surface area contributed by atoms with E-state index in [0.717, 1.165) is 11.1 Å². The van der Waals surface area contributed by atoms with Crippen molar-refractivity contribution in [2.45, 2.75) is 18.9 Å². The van der Waals surface area contributed by atoms with Crippen molar-refractivity contribution < 1.29 is 4.39 Å². The van der Waals surface area contributed by atoms with E-state index in [2.05, 4.69) is 21.4 Å². The van der Waals surface area contributed by atoms with E-state index < -0.39 is 0 Å². The topological polar surface area (TPSA) is 38.0 Å². The van der Waals surface area contributed by atoms with Gasteiger partial charge in [-0.15, -0.1) is 0 Å². The van der Waals surface area contributed by atoms with Crippen LogP contribution < -0.4 is 11.3 Å². The number of hydrogen-bond donors (Lipinski definition) is 2. The fourth-order valence-corrected chi connectivity index (χ4v) is 2.99. The van der Waals surface area contributed by atoms with Gasteiger partial charge >= 0.3 is 0 Å². The molecule has 21 heavy (non-hydrogen) atoms. The molecule has 0 heterocycles. The predicted molar refractivity (Wildman–Crippen MR) is 89.1 cm³/mol. The average Bonchev–Trinajstić information content (AvgIpc) is 2.41. The smallest absolute Gasteiger partial charge is 0.124 e. The lowest BCUT2D eigenvalue weighted by molar-refractivity contribution is 0.520. The molecule has 0 radical (unpaired) electrons.